The highest BCUT2D eigenvalue weighted by molar-refractivity contribution is 9.10. The van der Waals surface area contributed by atoms with Crippen molar-refractivity contribution in [2.75, 3.05) is 19.0 Å². The van der Waals surface area contributed by atoms with Crippen LogP contribution in [0.15, 0.2) is 46.9 Å². The van der Waals surface area contributed by atoms with Crippen LogP contribution in [0.1, 0.15) is 18.4 Å². The van der Waals surface area contributed by atoms with Crippen molar-refractivity contribution in [3.05, 3.63) is 57.5 Å². The molecule has 0 unspecified atom stereocenters. The van der Waals surface area contributed by atoms with Gasteiger partial charge >= 0.3 is 0 Å². The third-order valence-corrected chi connectivity index (χ3v) is 4.48. The smallest absolute Gasteiger partial charge is 0.226 e. The monoisotopic (exact) mass is 438 g/mol. The quantitative estimate of drug-likeness (QED) is 0.648. The Balaban J connectivity index is 1.67. The summed E-state index contributed by atoms with van der Waals surface area (Å²) >= 11 is 9.40. The number of ether oxygens (including phenoxy) is 1. The lowest BCUT2D eigenvalue weighted by Crippen LogP contribution is -2.27. The Kier molecular flexibility index (Phi) is 7.94. The fraction of sp³-hybridized carbons (Fsp3) is 0.263. The zero-order valence-electron chi connectivity index (χ0n) is 14.4. The van der Waals surface area contributed by atoms with Crippen molar-refractivity contribution in [3.63, 3.8) is 0 Å². The second-order valence-electron chi connectivity index (χ2n) is 5.62. The van der Waals surface area contributed by atoms with Crippen molar-refractivity contribution in [2.45, 2.75) is 19.3 Å². The third kappa shape index (κ3) is 6.69. The van der Waals surface area contributed by atoms with Gasteiger partial charge in [0, 0.05) is 29.5 Å². The normalized spacial score (nSPS) is 10.3. The Morgan fingerprint density at radius 1 is 1.08 bits per heavy atom. The number of rotatable bonds is 8. The third-order valence-electron chi connectivity index (χ3n) is 3.66. The molecule has 0 spiro atoms. The van der Waals surface area contributed by atoms with Crippen LogP contribution < -0.4 is 15.4 Å². The van der Waals surface area contributed by atoms with E-state index in [-0.39, 0.29) is 18.2 Å². The van der Waals surface area contributed by atoms with Crippen molar-refractivity contribution in [1.82, 2.24) is 5.32 Å². The molecule has 0 atom stereocenters. The maximum atomic E-state index is 11.9. The first-order chi connectivity index (χ1) is 12.5. The summed E-state index contributed by atoms with van der Waals surface area (Å²) in [5.41, 5.74) is 1.68. The van der Waals surface area contributed by atoms with E-state index in [1.807, 2.05) is 18.2 Å². The first-order valence-corrected chi connectivity index (χ1v) is 9.29. The van der Waals surface area contributed by atoms with E-state index in [9.17, 15) is 9.59 Å². The molecular weight excluding hydrogens is 420 g/mol. The average molecular weight is 440 g/mol. The van der Waals surface area contributed by atoms with Crippen LogP contribution in [0.3, 0.4) is 0 Å². The number of hydrogen-bond acceptors (Lipinski definition) is 3. The number of carbonyl (C=O) groups excluding carboxylic acids is 2. The molecule has 5 nitrogen and oxygen atoms in total. The van der Waals surface area contributed by atoms with Gasteiger partial charge in [-0.05, 0) is 48.4 Å². The van der Waals surface area contributed by atoms with E-state index in [1.165, 1.54) is 0 Å². The lowest BCUT2D eigenvalue weighted by molar-refractivity contribution is -0.121. The zero-order chi connectivity index (χ0) is 18.9. The van der Waals surface area contributed by atoms with Crippen LogP contribution in [-0.2, 0) is 16.0 Å². The Labute approximate surface area is 166 Å². The summed E-state index contributed by atoms with van der Waals surface area (Å²) in [5.74, 6) is 0.361. The van der Waals surface area contributed by atoms with Crippen LogP contribution in [0.5, 0.6) is 5.75 Å². The molecule has 0 bridgehead atoms. The summed E-state index contributed by atoms with van der Waals surface area (Å²) in [4.78, 5) is 23.8. The molecule has 0 aromatic heterocycles. The minimum absolute atomic E-state index is 0.103. The van der Waals surface area contributed by atoms with Crippen LogP contribution in [0.4, 0.5) is 5.69 Å². The summed E-state index contributed by atoms with van der Waals surface area (Å²) in [7, 11) is 1.56. The number of aryl methyl sites for hydroxylation is 1. The Morgan fingerprint density at radius 3 is 2.46 bits per heavy atom. The molecule has 0 aliphatic carbocycles. The molecule has 0 heterocycles. The SMILES string of the molecule is COc1ccc(CCC(=O)NCCC(=O)Nc2ccc(Br)cc2)cc1Cl. The van der Waals surface area contributed by atoms with Gasteiger partial charge in [-0.1, -0.05) is 33.6 Å². The predicted octanol–water partition coefficient (Wildman–Crippen LogP) is 4.19. The van der Waals surface area contributed by atoms with Gasteiger partial charge in [-0.15, -0.1) is 0 Å². The van der Waals surface area contributed by atoms with E-state index < -0.39 is 0 Å². The molecule has 0 radical (unpaired) electrons. The van der Waals surface area contributed by atoms with Gasteiger partial charge in [-0.3, -0.25) is 9.59 Å². The van der Waals surface area contributed by atoms with Gasteiger partial charge in [0.15, 0.2) is 0 Å². The zero-order valence-corrected chi connectivity index (χ0v) is 16.7. The molecule has 2 rings (SSSR count). The molecule has 0 saturated carbocycles. The van der Waals surface area contributed by atoms with Crippen LogP contribution in [0.25, 0.3) is 0 Å². The van der Waals surface area contributed by atoms with Gasteiger partial charge < -0.3 is 15.4 Å². The van der Waals surface area contributed by atoms with Crippen molar-refractivity contribution < 1.29 is 14.3 Å². The predicted molar refractivity (Wildman–Crippen MR) is 107 cm³/mol. The fourth-order valence-electron chi connectivity index (χ4n) is 2.28. The minimum atomic E-state index is -0.144. The molecule has 0 fully saturated rings. The molecule has 7 heteroatoms. The number of halogens is 2. The molecule has 2 N–H and O–H groups in total. The molecule has 0 saturated heterocycles. The van der Waals surface area contributed by atoms with Gasteiger partial charge in [-0.2, -0.15) is 0 Å². The number of methoxy groups -OCH3 is 1. The van der Waals surface area contributed by atoms with Crippen molar-refractivity contribution in [1.29, 1.82) is 0 Å². The highest BCUT2D eigenvalue weighted by Gasteiger charge is 2.07. The molecule has 2 amide bonds. The number of amides is 2. The molecule has 0 aliphatic heterocycles. The summed E-state index contributed by atoms with van der Waals surface area (Å²) in [5, 5.41) is 6.05. The fourth-order valence-corrected chi connectivity index (χ4v) is 2.83. The molecule has 138 valence electrons. The minimum Gasteiger partial charge on any atom is -0.495 e. The number of carbonyl (C=O) groups is 2. The van der Waals surface area contributed by atoms with E-state index in [0.717, 1.165) is 15.7 Å². The van der Waals surface area contributed by atoms with E-state index >= 15 is 0 Å². The molecule has 2 aromatic carbocycles. The van der Waals surface area contributed by atoms with E-state index in [0.29, 0.717) is 30.2 Å². The van der Waals surface area contributed by atoms with Gasteiger partial charge in [0.1, 0.15) is 5.75 Å². The Hall–Kier alpha value is -2.05. The lowest BCUT2D eigenvalue weighted by Gasteiger charge is -2.08. The standard InChI is InChI=1S/C19H20BrClN2O3/c1-26-17-8-2-13(12-16(17)21)3-9-18(24)22-11-10-19(25)23-15-6-4-14(20)5-7-15/h2,4-8,12H,3,9-11H2,1H3,(H,22,24)(H,23,25). The topological polar surface area (TPSA) is 67.4 Å². The number of nitrogens with one attached hydrogen (secondary N) is 2. The van der Waals surface area contributed by atoms with Crippen molar-refractivity contribution in [2.24, 2.45) is 0 Å². The van der Waals surface area contributed by atoms with Crippen molar-refractivity contribution >= 4 is 45.0 Å². The maximum Gasteiger partial charge on any atom is 0.226 e. The van der Waals surface area contributed by atoms with Gasteiger partial charge in [0.25, 0.3) is 0 Å². The maximum absolute atomic E-state index is 11.9. The second-order valence-corrected chi connectivity index (χ2v) is 6.95. The van der Waals surface area contributed by atoms with Gasteiger partial charge in [-0.25, -0.2) is 0 Å². The number of hydrogen-bond donors (Lipinski definition) is 2. The molecule has 0 aliphatic rings. The lowest BCUT2D eigenvalue weighted by atomic mass is 10.1. The van der Waals surface area contributed by atoms with Crippen LogP contribution in [0, 0.1) is 0 Å². The Bertz CT molecular complexity index is 766. The molecule has 2 aromatic rings. The highest BCUT2D eigenvalue weighted by atomic mass is 79.9. The van der Waals surface area contributed by atoms with E-state index in [4.69, 9.17) is 16.3 Å². The van der Waals surface area contributed by atoms with E-state index in [1.54, 1.807) is 31.4 Å². The summed E-state index contributed by atoms with van der Waals surface area (Å²) < 4.78 is 6.04. The average Bonchev–Trinajstić information content (AvgIpc) is 2.62. The largest absolute Gasteiger partial charge is 0.495 e. The van der Waals surface area contributed by atoms with Crippen LogP contribution in [0.2, 0.25) is 5.02 Å². The van der Waals surface area contributed by atoms with E-state index in [2.05, 4.69) is 26.6 Å². The first-order valence-electron chi connectivity index (χ1n) is 8.12. The summed E-state index contributed by atoms with van der Waals surface area (Å²) in [6.07, 6.45) is 1.12. The second kappa shape index (κ2) is 10.2. The molecule has 26 heavy (non-hydrogen) atoms. The number of benzene rings is 2. The highest BCUT2D eigenvalue weighted by Crippen LogP contribution is 2.25. The van der Waals surface area contributed by atoms with Crippen molar-refractivity contribution in [3.8, 4) is 5.75 Å². The van der Waals surface area contributed by atoms with Gasteiger partial charge in [0.05, 0.1) is 12.1 Å². The van der Waals surface area contributed by atoms with Crippen LogP contribution >= 0.6 is 27.5 Å². The first kappa shape index (κ1) is 20.3. The summed E-state index contributed by atoms with van der Waals surface area (Å²) in [6.45, 7) is 0.296. The van der Waals surface area contributed by atoms with Gasteiger partial charge in [0.2, 0.25) is 11.8 Å². The Morgan fingerprint density at radius 2 is 1.81 bits per heavy atom. The molecular formula is C19H20BrClN2O3. The summed E-state index contributed by atoms with van der Waals surface area (Å²) in [6, 6.07) is 12.8. The number of anilines is 1. The van der Waals surface area contributed by atoms with Crippen LogP contribution in [-0.4, -0.2) is 25.5 Å².